The van der Waals surface area contributed by atoms with Gasteiger partial charge in [0.15, 0.2) is 5.11 Å². The van der Waals surface area contributed by atoms with Crippen LogP contribution in [0.3, 0.4) is 0 Å². The number of allylic oxidation sites excluding steroid dienone is 1. The molecule has 2 N–H and O–H groups in total. The van der Waals surface area contributed by atoms with E-state index in [0.717, 1.165) is 16.9 Å². The van der Waals surface area contributed by atoms with Gasteiger partial charge in [-0.05, 0) is 86.6 Å². The summed E-state index contributed by atoms with van der Waals surface area (Å²) in [6.45, 7) is 8.10. The molecule has 0 spiro atoms. The van der Waals surface area contributed by atoms with E-state index in [-0.39, 0.29) is 23.5 Å². The largest absolute Gasteiger partial charge is 0.495 e. The third-order valence-electron chi connectivity index (χ3n) is 7.45. The van der Waals surface area contributed by atoms with E-state index in [1.54, 1.807) is 13.3 Å². The van der Waals surface area contributed by atoms with Crippen molar-refractivity contribution in [1.82, 2.24) is 10.3 Å². The highest BCUT2D eigenvalue weighted by atomic mass is 32.1. The number of nitrogens with one attached hydrogen (secondary N) is 2. The topological polar surface area (TPSA) is 69.7 Å². The second-order valence-corrected chi connectivity index (χ2v) is 10.8. The van der Waals surface area contributed by atoms with Gasteiger partial charge < -0.3 is 25.2 Å². The van der Waals surface area contributed by atoms with Crippen molar-refractivity contribution in [1.29, 1.82) is 0 Å². The number of benzene rings is 2. The zero-order valence-corrected chi connectivity index (χ0v) is 23.4. The van der Waals surface area contributed by atoms with E-state index in [4.69, 9.17) is 17.0 Å². The van der Waals surface area contributed by atoms with Gasteiger partial charge in [0, 0.05) is 37.1 Å². The summed E-state index contributed by atoms with van der Waals surface area (Å²) in [4.78, 5) is 21.0. The lowest BCUT2D eigenvalue weighted by molar-refractivity contribution is -0.114. The Balaban J connectivity index is 1.66. The molecule has 3 aromatic rings. The number of ether oxygens (including phenoxy) is 1. The Kier molecular flexibility index (Phi) is 6.61. The average molecular weight is 528 g/mol. The molecule has 1 saturated heterocycles. The van der Waals surface area contributed by atoms with E-state index >= 15 is 0 Å². The van der Waals surface area contributed by atoms with Gasteiger partial charge in [0.25, 0.3) is 0 Å². The van der Waals surface area contributed by atoms with Crippen molar-refractivity contribution in [2.75, 3.05) is 29.3 Å². The number of carbonyl (C=O) groups excluding carboxylic acids is 1. The Labute approximate surface area is 229 Å². The van der Waals surface area contributed by atoms with Crippen LogP contribution >= 0.6 is 12.2 Å². The van der Waals surface area contributed by atoms with Gasteiger partial charge in [0.2, 0.25) is 5.91 Å². The Morgan fingerprint density at radius 3 is 2.63 bits per heavy atom. The van der Waals surface area contributed by atoms with Crippen molar-refractivity contribution in [2.24, 2.45) is 0 Å². The number of amides is 1. The number of fused-ring (bicyclic) bond motifs is 1. The Morgan fingerprint density at radius 1 is 1.16 bits per heavy atom. The summed E-state index contributed by atoms with van der Waals surface area (Å²) >= 11 is 5.91. The Bertz CT molecular complexity index is 1440. The molecule has 0 aliphatic carbocycles. The third-order valence-corrected chi connectivity index (χ3v) is 7.77. The van der Waals surface area contributed by atoms with Crippen LogP contribution in [0.4, 0.5) is 17.1 Å². The minimum absolute atomic E-state index is 0.0686. The predicted molar refractivity (Wildman–Crippen MR) is 158 cm³/mol. The molecule has 5 rings (SSSR count). The summed E-state index contributed by atoms with van der Waals surface area (Å²) in [5, 5.41) is 6.99. The number of hydrogen-bond acceptors (Lipinski definition) is 5. The van der Waals surface area contributed by atoms with Crippen molar-refractivity contribution in [3.8, 4) is 5.75 Å². The molecule has 0 bridgehead atoms. The number of carbonyl (C=O) groups is 1. The SMILES string of the molecule is COc1ccc(N2C(=S)N[C@@H](c3ccccn3)[C@H]2c2ccc3c(c2)C(C)=CC(C)(C)N3C)cc1NC(C)=O. The molecule has 1 fully saturated rings. The zero-order chi connectivity index (χ0) is 27.2. The molecule has 2 atom stereocenters. The van der Waals surface area contributed by atoms with E-state index in [2.05, 4.69) is 77.5 Å². The molecule has 1 aromatic heterocycles. The monoisotopic (exact) mass is 527 g/mol. The van der Waals surface area contributed by atoms with Crippen LogP contribution in [0.1, 0.15) is 56.6 Å². The highest BCUT2D eigenvalue weighted by molar-refractivity contribution is 7.80. The molecular formula is C30H33N5O2S. The van der Waals surface area contributed by atoms with Gasteiger partial charge in [0.05, 0.1) is 36.1 Å². The number of rotatable bonds is 5. The maximum atomic E-state index is 11.9. The maximum Gasteiger partial charge on any atom is 0.221 e. The number of nitrogens with zero attached hydrogens (tertiary/aromatic N) is 3. The fourth-order valence-corrected chi connectivity index (χ4v) is 5.81. The smallest absolute Gasteiger partial charge is 0.221 e. The van der Waals surface area contributed by atoms with E-state index in [9.17, 15) is 4.79 Å². The van der Waals surface area contributed by atoms with Crippen molar-refractivity contribution >= 4 is 45.9 Å². The number of anilines is 3. The molecular weight excluding hydrogens is 494 g/mol. The highest BCUT2D eigenvalue weighted by Gasteiger charge is 2.41. The average Bonchev–Trinajstić information content (AvgIpc) is 3.24. The van der Waals surface area contributed by atoms with Crippen LogP contribution in [0.2, 0.25) is 0 Å². The molecule has 38 heavy (non-hydrogen) atoms. The number of hydrogen-bond donors (Lipinski definition) is 2. The van der Waals surface area contributed by atoms with Gasteiger partial charge in [-0.2, -0.15) is 0 Å². The number of likely N-dealkylation sites (N-methyl/N-ethyl adjacent to an activating group) is 1. The molecule has 8 heteroatoms. The van der Waals surface area contributed by atoms with Gasteiger partial charge in [-0.15, -0.1) is 0 Å². The second-order valence-electron chi connectivity index (χ2n) is 10.4. The van der Waals surface area contributed by atoms with Gasteiger partial charge >= 0.3 is 0 Å². The molecule has 7 nitrogen and oxygen atoms in total. The normalized spacial score (nSPS) is 19.9. The van der Waals surface area contributed by atoms with E-state index < -0.39 is 0 Å². The van der Waals surface area contributed by atoms with Crippen LogP contribution in [0.5, 0.6) is 5.75 Å². The lowest BCUT2D eigenvalue weighted by Crippen LogP contribution is -2.42. The quantitative estimate of drug-likeness (QED) is 0.403. The zero-order valence-electron chi connectivity index (χ0n) is 22.6. The molecule has 3 heterocycles. The van der Waals surface area contributed by atoms with Crippen LogP contribution < -0.4 is 25.2 Å². The van der Waals surface area contributed by atoms with Crippen LogP contribution in [-0.2, 0) is 4.79 Å². The van der Waals surface area contributed by atoms with Gasteiger partial charge in [-0.1, -0.05) is 18.2 Å². The van der Waals surface area contributed by atoms with E-state index in [1.807, 2.05) is 36.4 Å². The summed E-state index contributed by atoms with van der Waals surface area (Å²) in [7, 11) is 3.72. The van der Waals surface area contributed by atoms with E-state index in [0.29, 0.717) is 16.5 Å². The first-order valence-corrected chi connectivity index (χ1v) is 13.1. The molecule has 0 unspecified atom stereocenters. The lowest BCUT2D eigenvalue weighted by Gasteiger charge is -2.41. The molecule has 1 amide bonds. The fraction of sp³-hybridized carbons (Fsp3) is 0.300. The summed E-state index contributed by atoms with van der Waals surface area (Å²) in [5.41, 5.74) is 7.04. The van der Waals surface area contributed by atoms with Crippen molar-refractivity contribution in [3.05, 3.63) is 83.7 Å². The van der Waals surface area contributed by atoms with Crippen molar-refractivity contribution in [2.45, 2.75) is 45.3 Å². The third kappa shape index (κ3) is 4.49. The second kappa shape index (κ2) is 9.76. The van der Waals surface area contributed by atoms with Crippen LogP contribution in [-0.4, -0.2) is 35.7 Å². The van der Waals surface area contributed by atoms with Gasteiger partial charge in [-0.3, -0.25) is 9.78 Å². The van der Waals surface area contributed by atoms with Crippen LogP contribution in [0.25, 0.3) is 5.57 Å². The molecule has 2 aliphatic heterocycles. The molecule has 0 saturated carbocycles. The summed E-state index contributed by atoms with van der Waals surface area (Å²) in [6, 6.07) is 18.0. The predicted octanol–water partition coefficient (Wildman–Crippen LogP) is 5.86. The molecule has 2 aliphatic rings. The van der Waals surface area contributed by atoms with Gasteiger partial charge in [0.1, 0.15) is 5.75 Å². The van der Waals surface area contributed by atoms with Crippen molar-refractivity contribution < 1.29 is 9.53 Å². The summed E-state index contributed by atoms with van der Waals surface area (Å²) in [5.74, 6) is 0.412. The fourth-order valence-electron chi connectivity index (χ4n) is 5.47. The number of pyridine rings is 1. The summed E-state index contributed by atoms with van der Waals surface area (Å²) in [6.07, 6.45) is 4.12. The Morgan fingerprint density at radius 2 is 1.95 bits per heavy atom. The maximum absolute atomic E-state index is 11.9. The van der Waals surface area contributed by atoms with Crippen LogP contribution in [0, 0.1) is 0 Å². The molecule has 196 valence electrons. The van der Waals surface area contributed by atoms with E-state index in [1.165, 1.54) is 23.7 Å². The first-order valence-electron chi connectivity index (χ1n) is 12.6. The Hall–Kier alpha value is -3.91. The first-order chi connectivity index (χ1) is 18.1. The number of methoxy groups -OCH3 is 1. The standard InChI is InChI=1S/C30H33N5O2S/c1-18-17-30(3,4)34(5)25-12-10-20(15-22(18)25)28-27(23-9-7-8-14-31-23)33-29(38)35(28)21-11-13-26(37-6)24(16-21)32-19(2)36/h7-17,27-28H,1-6H3,(H,32,36)(H,33,38)/t27-,28+/m0/s1. The minimum Gasteiger partial charge on any atom is -0.495 e. The lowest BCUT2D eigenvalue weighted by atomic mass is 9.86. The minimum atomic E-state index is -0.172. The first kappa shape index (κ1) is 25.7. The molecule has 0 radical (unpaired) electrons. The highest BCUT2D eigenvalue weighted by Crippen LogP contribution is 2.46. The van der Waals surface area contributed by atoms with Crippen molar-refractivity contribution in [3.63, 3.8) is 0 Å². The summed E-state index contributed by atoms with van der Waals surface area (Å²) < 4.78 is 5.49. The molecule has 2 aromatic carbocycles. The number of thiocarbonyl (C=S) groups is 1. The van der Waals surface area contributed by atoms with Gasteiger partial charge in [-0.25, -0.2) is 0 Å². The number of aromatic nitrogens is 1. The van der Waals surface area contributed by atoms with Crippen LogP contribution in [0.15, 0.2) is 66.9 Å².